The number of rotatable bonds is 31. The van der Waals surface area contributed by atoms with Crippen LogP contribution in [0.5, 0.6) is 0 Å². The molecule has 0 aromatic carbocycles. The second kappa shape index (κ2) is 31.3. The number of likely N-dealkylation sites (tertiary alicyclic amines) is 1. The van der Waals surface area contributed by atoms with E-state index in [1.54, 1.807) is 69.2 Å². The number of carboxylic acids is 1. The number of ether oxygens (including phenoxy) is 4. The van der Waals surface area contributed by atoms with Crippen molar-refractivity contribution in [3.05, 3.63) is 0 Å². The summed E-state index contributed by atoms with van der Waals surface area (Å²) in [5.74, 6) is -11.7. The van der Waals surface area contributed by atoms with Gasteiger partial charge >= 0.3 is 0 Å². The van der Waals surface area contributed by atoms with Gasteiger partial charge in [-0.3, -0.25) is 38.4 Å². The van der Waals surface area contributed by atoms with Gasteiger partial charge in [0.25, 0.3) is 0 Å². The van der Waals surface area contributed by atoms with Gasteiger partial charge in [-0.05, 0) is 50.4 Å². The van der Waals surface area contributed by atoms with E-state index in [0.29, 0.717) is 12.8 Å². The maximum Gasteiger partial charge on any atom is 0.227 e. The number of aliphatic carboxylic acids is 1. The highest BCUT2D eigenvalue weighted by atomic mass is 16.7. The molecule has 0 aromatic rings. The maximum atomic E-state index is 14.3. The van der Waals surface area contributed by atoms with E-state index in [9.17, 15) is 78.9 Å². The van der Waals surface area contributed by atoms with Crippen molar-refractivity contribution in [2.75, 3.05) is 19.8 Å². The summed E-state index contributed by atoms with van der Waals surface area (Å²) in [4.78, 5) is 122. The Kier molecular flexibility index (Phi) is 27.3. The third kappa shape index (κ3) is 18.3. The number of amides is 4. The van der Waals surface area contributed by atoms with Crippen molar-refractivity contribution >= 4 is 52.7 Å². The van der Waals surface area contributed by atoms with Crippen LogP contribution in [0.2, 0.25) is 0 Å². The fourth-order valence-electron chi connectivity index (χ4n) is 10.2. The van der Waals surface area contributed by atoms with Crippen molar-refractivity contribution in [3.63, 3.8) is 0 Å². The Bertz CT molecular complexity index is 2130. The van der Waals surface area contributed by atoms with Crippen molar-refractivity contribution in [1.82, 2.24) is 20.9 Å². The zero-order valence-electron chi connectivity index (χ0n) is 48.8. The summed E-state index contributed by atoms with van der Waals surface area (Å²) in [6, 6.07) is -5.33. The Balaban J connectivity index is 1.61. The van der Waals surface area contributed by atoms with Crippen LogP contribution >= 0.6 is 0 Å². The van der Waals surface area contributed by atoms with Crippen LogP contribution in [0.4, 0.5) is 0 Å². The molecule has 3 heterocycles. The first-order valence-corrected chi connectivity index (χ1v) is 28.1. The van der Waals surface area contributed by atoms with E-state index in [1.165, 1.54) is 25.7 Å². The molecule has 0 spiro atoms. The van der Waals surface area contributed by atoms with Crippen LogP contribution in [0.15, 0.2) is 0 Å². The highest BCUT2D eigenvalue weighted by Gasteiger charge is 2.51. The van der Waals surface area contributed by atoms with Gasteiger partial charge in [-0.25, -0.2) is 0 Å². The number of carbonyl (C=O) groups is 9. The summed E-state index contributed by atoms with van der Waals surface area (Å²) in [7, 11) is 0. The Hall–Kier alpha value is -4.41. The molecule has 0 saturated carbocycles. The van der Waals surface area contributed by atoms with Gasteiger partial charge < -0.3 is 86.1 Å². The predicted molar refractivity (Wildman–Crippen MR) is 281 cm³/mol. The molecule has 20 atom stereocenters. The minimum absolute atomic E-state index is 0.228. The van der Waals surface area contributed by atoms with E-state index in [1.807, 2.05) is 0 Å². The average Bonchev–Trinajstić information content (AvgIpc) is 3.89. The highest BCUT2D eigenvalue weighted by molar-refractivity contribution is 5.98. The number of nitrogens with one attached hydrogen (secondary N) is 3. The van der Waals surface area contributed by atoms with Crippen LogP contribution in [0.3, 0.4) is 0 Å². The average molecular weight is 1140 g/mol. The Labute approximate surface area is 469 Å². The smallest absolute Gasteiger partial charge is 0.227 e. The molecule has 458 valence electrons. The molecule has 25 heteroatoms. The molecule has 0 radical (unpaired) electrons. The second-order valence-electron chi connectivity index (χ2n) is 23.7. The summed E-state index contributed by atoms with van der Waals surface area (Å²) in [6.45, 7) is 20.0. The van der Waals surface area contributed by atoms with E-state index in [4.69, 9.17) is 18.9 Å². The fourth-order valence-corrected chi connectivity index (χ4v) is 10.2. The van der Waals surface area contributed by atoms with E-state index >= 15 is 0 Å². The number of ketones is 4. The molecular weight excluding hydrogens is 1050 g/mol. The summed E-state index contributed by atoms with van der Waals surface area (Å²) >= 11 is 0. The lowest BCUT2D eigenvalue weighted by Crippen LogP contribution is -2.71. The molecule has 0 bridgehead atoms. The molecule has 3 saturated heterocycles. The molecule has 80 heavy (non-hydrogen) atoms. The molecule has 3 rings (SSSR count). The first kappa shape index (κ1) is 69.9. The van der Waals surface area contributed by atoms with Gasteiger partial charge in [0.2, 0.25) is 23.6 Å². The van der Waals surface area contributed by atoms with E-state index in [-0.39, 0.29) is 49.8 Å². The molecule has 0 aromatic heterocycles. The van der Waals surface area contributed by atoms with Crippen molar-refractivity contribution in [2.45, 2.75) is 220 Å². The second-order valence-corrected chi connectivity index (χ2v) is 23.7. The lowest BCUT2D eigenvalue weighted by atomic mass is 9.86. The molecular formula is C55H93N5O20. The molecule has 4 amide bonds. The summed E-state index contributed by atoms with van der Waals surface area (Å²) in [6.07, 6.45) is -14.7. The van der Waals surface area contributed by atoms with Gasteiger partial charge in [0.1, 0.15) is 42.7 Å². The summed E-state index contributed by atoms with van der Waals surface area (Å²) < 4.78 is 23.4. The van der Waals surface area contributed by atoms with E-state index in [2.05, 4.69) is 21.7 Å². The predicted octanol–water partition coefficient (Wildman–Crippen LogP) is -2.92. The number of quaternary nitrogens is 1. The van der Waals surface area contributed by atoms with E-state index in [0.717, 1.165) is 0 Å². The minimum Gasteiger partial charge on any atom is -0.548 e. The van der Waals surface area contributed by atoms with Crippen LogP contribution < -0.4 is 26.8 Å². The molecule has 3 aliphatic rings. The number of carboxylic acid groups (broad SMARTS) is 1. The molecule has 12 N–H and O–H groups in total. The van der Waals surface area contributed by atoms with Gasteiger partial charge in [-0.15, -0.1) is 0 Å². The van der Waals surface area contributed by atoms with Crippen LogP contribution in [0.25, 0.3) is 0 Å². The zero-order chi connectivity index (χ0) is 60.9. The number of nitrogens with zero attached hydrogens (tertiary/aromatic N) is 1. The number of aliphatic hydroxyl groups excluding tert-OH is 6. The Morgan fingerprint density at radius 3 is 1.66 bits per heavy atom. The van der Waals surface area contributed by atoms with Crippen LogP contribution in [-0.4, -0.2) is 200 Å². The van der Waals surface area contributed by atoms with Crippen molar-refractivity contribution < 1.29 is 104 Å². The molecule has 25 nitrogen and oxygen atoms in total. The fraction of sp³-hybridized carbons (Fsp3) is 0.836. The molecule has 9 unspecified atom stereocenters. The standard InChI is InChI=1S/C55H93N5O20/c1-23(2)32(51(73)58-42(25(5)6)38(66)18-28(10)50(72)59-43(26(7)8)53(75)76)19-35(63)30(12)57-49(71)27(9)17-36(64)34-15-14-16-60(34)52(74)33(24(3)4)20-37(65)41(56)31(13)77-54-29(11)48(45(68)40(22-62)78-54)80-55-47(70)46(69)44(67)39(21-61)79-55/h23-34,39-48,54-55,61-62,67-70H,14-22,56H2,1-13H3,(H,57,71)(H,58,73)(H,59,72)(H,75,76)/t27?,28?,29?,30-,31?,32?,33?,34-,39?,40?,41-,42-,43-,44-,45-,46-,47?,48+,54-,55-/m0/s1. The van der Waals surface area contributed by atoms with Crippen LogP contribution in [0, 0.1) is 53.3 Å². The summed E-state index contributed by atoms with van der Waals surface area (Å²) in [5, 5.41) is 81.2. The quantitative estimate of drug-likeness (QED) is 0.0332. The van der Waals surface area contributed by atoms with Crippen molar-refractivity contribution in [1.29, 1.82) is 0 Å². The number of aliphatic hydroxyl groups is 6. The lowest BCUT2D eigenvalue weighted by molar-refractivity contribution is -0.432. The number of carbonyl (C=O) groups excluding carboxylic acids is 9. The van der Waals surface area contributed by atoms with Crippen LogP contribution in [0.1, 0.15) is 129 Å². The monoisotopic (exact) mass is 1140 g/mol. The van der Waals surface area contributed by atoms with Gasteiger partial charge in [-0.2, -0.15) is 0 Å². The zero-order valence-corrected chi connectivity index (χ0v) is 48.8. The highest BCUT2D eigenvalue weighted by Crippen LogP contribution is 2.34. The Morgan fingerprint density at radius 1 is 0.613 bits per heavy atom. The van der Waals surface area contributed by atoms with Gasteiger partial charge in [-0.1, -0.05) is 76.2 Å². The molecule has 3 aliphatic heterocycles. The topological polar surface area (TPSA) is 402 Å². The number of hydrogen-bond acceptors (Lipinski definition) is 20. The van der Waals surface area contributed by atoms with Gasteiger partial charge in [0, 0.05) is 61.8 Å². The van der Waals surface area contributed by atoms with Crippen molar-refractivity contribution in [2.24, 2.45) is 53.3 Å². The third-order valence-electron chi connectivity index (χ3n) is 15.9. The summed E-state index contributed by atoms with van der Waals surface area (Å²) in [5.41, 5.74) is 4.03. The number of Topliss-reactive ketones (excluding diaryl/α,β-unsaturated/α-hetero) is 4. The van der Waals surface area contributed by atoms with E-state index < -0.39 is 193 Å². The largest absolute Gasteiger partial charge is 0.548 e. The normalized spacial score (nSPS) is 28.8. The van der Waals surface area contributed by atoms with Crippen LogP contribution in [-0.2, 0) is 62.1 Å². The third-order valence-corrected chi connectivity index (χ3v) is 15.9. The minimum atomic E-state index is -1.79. The molecule has 0 aliphatic carbocycles. The first-order chi connectivity index (χ1) is 37.2. The van der Waals surface area contributed by atoms with Gasteiger partial charge in [0.05, 0.1) is 49.5 Å². The Morgan fingerprint density at radius 2 is 1.12 bits per heavy atom. The SMILES string of the molecule is CC(CC(=O)[C@@H]1CCCN1C(=O)C(CC(=O)[C@@H]([NH3+])C(C)O[C@H]1OC(CO)[C@H](O)[C@H](O[C@@H]2OC(CO)[C@H](O)[C@H](O)C2O)C1C)C(C)C)C(=O)N[C@@H](C)C(=O)CC(C(=O)N[C@H](C(=O)CC(C)C(=O)N[C@H](C(=O)[O-])C(C)C)C(C)C)C(C)C. The molecule has 3 fully saturated rings. The van der Waals surface area contributed by atoms with Crippen molar-refractivity contribution in [3.8, 4) is 0 Å². The first-order valence-electron chi connectivity index (χ1n) is 28.1. The lowest BCUT2D eigenvalue weighted by Gasteiger charge is -2.47. The maximum absolute atomic E-state index is 14.3. The number of hydrogen-bond donors (Lipinski definition) is 10. The van der Waals surface area contributed by atoms with Gasteiger partial charge in [0.15, 0.2) is 41.8 Å².